The van der Waals surface area contributed by atoms with Gasteiger partial charge in [-0.15, -0.1) is 0 Å². The van der Waals surface area contributed by atoms with Gasteiger partial charge in [-0.2, -0.15) is 0 Å². The summed E-state index contributed by atoms with van der Waals surface area (Å²) in [6.07, 6.45) is 4.33. The lowest BCUT2D eigenvalue weighted by Gasteiger charge is -2.36. The second kappa shape index (κ2) is 6.52. The van der Waals surface area contributed by atoms with Crippen molar-refractivity contribution < 1.29 is 13.2 Å². The molecular weight excluding hydrogens is 264 g/mol. The molecule has 0 radical (unpaired) electrons. The van der Waals surface area contributed by atoms with E-state index in [1.807, 2.05) is 13.8 Å². The third-order valence-corrected chi connectivity index (χ3v) is 4.47. The van der Waals surface area contributed by atoms with Crippen molar-refractivity contribution in [2.75, 3.05) is 26.5 Å². The van der Waals surface area contributed by atoms with Crippen LogP contribution in [0.4, 0.5) is 0 Å². The van der Waals surface area contributed by atoms with Crippen LogP contribution in [0.2, 0.25) is 0 Å². The minimum absolute atomic E-state index is 0.0117. The van der Waals surface area contributed by atoms with Crippen molar-refractivity contribution in [2.24, 2.45) is 0 Å². The van der Waals surface area contributed by atoms with Crippen LogP contribution in [-0.4, -0.2) is 57.5 Å². The van der Waals surface area contributed by atoms with Gasteiger partial charge in [-0.1, -0.05) is 13.3 Å². The van der Waals surface area contributed by atoms with E-state index in [9.17, 15) is 8.42 Å². The van der Waals surface area contributed by atoms with Gasteiger partial charge in [0.15, 0.2) is 0 Å². The van der Waals surface area contributed by atoms with Crippen LogP contribution in [-0.2, 0) is 14.8 Å². The Bertz CT molecular complexity index is 383. The fourth-order valence-electron chi connectivity index (χ4n) is 2.91. The second-order valence-corrected chi connectivity index (χ2v) is 7.79. The van der Waals surface area contributed by atoms with Crippen LogP contribution in [0.25, 0.3) is 0 Å². The summed E-state index contributed by atoms with van der Waals surface area (Å²) >= 11 is 0. The highest BCUT2D eigenvalue weighted by atomic mass is 32.2. The zero-order chi connectivity index (χ0) is 14.7. The Morgan fingerprint density at radius 3 is 2.58 bits per heavy atom. The van der Waals surface area contributed by atoms with E-state index < -0.39 is 10.0 Å². The van der Waals surface area contributed by atoms with Gasteiger partial charge in [0, 0.05) is 18.1 Å². The molecule has 1 aliphatic heterocycles. The van der Waals surface area contributed by atoms with Gasteiger partial charge in [-0.05, 0) is 33.7 Å². The second-order valence-electron chi connectivity index (χ2n) is 6.01. The Hall–Kier alpha value is -0.170. The molecular formula is C13H28N2O3S. The standard InChI is InChI=1S/C13H28N2O3S/c1-6-7-13(10-18-11(2)3)8-12(9-15(13)4)14-19(5,16)17/h11-12,14H,6-10H2,1-5H3. The van der Waals surface area contributed by atoms with E-state index in [1.165, 1.54) is 6.26 Å². The average Bonchev–Trinajstić information content (AvgIpc) is 2.51. The fourth-order valence-corrected chi connectivity index (χ4v) is 3.67. The van der Waals surface area contributed by atoms with E-state index >= 15 is 0 Å². The minimum atomic E-state index is -3.14. The predicted molar refractivity (Wildman–Crippen MR) is 77.7 cm³/mol. The summed E-state index contributed by atoms with van der Waals surface area (Å²) in [5.74, 6) is 0. The summed E-state index contributed by atoms with van der Waals surface area (Å²) in [4.78, 5) is 2.25. The van der Waals surface area contributed by atoms with Crippen molar-refractivity contribution in [1.82, 2.24) is 9.62 Å². The van der Waals surface area contributed by atoms with Gasteiger partial charge in [0.2, 0.25) is 10.0 Å². The molecule has 0 spiro atoms. The van der Waals surface area contributed by atoms with Crippen molar-refractivity contribution in [1.29, 1.82) is 0 Å². The molecule has 114 valence electrons. The molecule has 0 saturated carbocycles. The van der Waals surface area contributed by atoms with Crippen molar-refractivity contribution in [3.63, 3.8) is 0 Å². The fraction of sp³-hybridized carbons (Fsp3) is 1.00. The number of ether oxygens (including phenoxy) is 1. The molecule has 2 unspecified atom stereocenters. The largest absolute Gasteiger partial charge is 0.377 e. The van der Waals surface area contributed by atoms with Gasteiger partial charge in [-0.3, -0.25) is 4.90 Å². The number of sulfonamides is 1. The molecule has 2 atom stereocenters. The molecule has 5 nitrogen and oxygen atoms in total. The topological polar surface area (TPSA) is 58.6 Å². The molecule has 0 aromatic heterocycles. The maximum absolute atomic E-state index is 11.4. The summed E-state index contributed by atoms with van der Waals surface area (Å²) in [5.41, 5.74) is -0.0403. The molecule has 0 aromatic rings. The number of rotatable bonds is 7. The van der Waals surface area contributed by atoms with Gasteiger partial charge < -0.3 is 4.74 Å². The Balaban J connectivity index is 2.75. The number of hydrogen-bond donors (Lipinski definition) is 1. The number of hydrogen-bond acceptors (Lipinski definition) is 4. The molecule has 1 rings (SSSR count). The maximum Gasteiger partial charge on any atom is 0.208 e. The highest BCUT2D eigenvalue weighted by Crippen LogP contribution is 2.33. The van der Waals surface area contributed by atoms with Gasteiger partial charge in [0.05, 0.1) is 19.0 Å². The number of nitrogens with zero attached hydrogens (tertiary/aromatic N) is 1. The Labute approximate surface area is 117 Å². The molecule has 19 heavy (non-hydrogen) atoms. The van der Waals surface area contributed by atoms with Gasteiger partial charge >= 0.3 is 0 Å². The normalized spacial score (nSPS) is 29.3. The Kier molecular flexibility index (Phi) is 5.79. The van der Waals surface area contributed by atoms with Gasteiger partial charge in [0.25, 0.3) is 0 Å². The maximum atomic E-state index is 11.4. The lowest BCUT2D eigenvalue weighted by molar-refractivity contribution is -0.00901. The summed E-state index contributed by atoms with van der Waals surface area (Å²) in [6, 6.07) is -0.0117. The highest BCUT2D eigenvalue weighted by molar-refractivity contribution is 7.88. The Morgan fingerprint density at radius 1 is 1.47 bits per heavy atom. The van der Waals surface area contributed by atoms with Crippen LogP contribution in [0.3, 0.4) is 0 Å². The highest BCUT2D eigenvalue weighted by Gasteiger charge is 2.43. The monoisotopic (exact) mass is 292 g/mol. The quantitative estimate of drug-likeness (QED) is 0.766. The zero-order valence-corrected chi connectivity index (χ0v) is 13.6. The van der Waals surface area contributed by atoms with Crippen molar-refractivity contribution >= 4 is 10.0 Å². The van der Waals surface area contributed by atoms with Gasteiger partial charge in [0.1, 0.15) is 0 Å². The average molecular weight is 292 g/mol. The van der Waals surface area contributed by atoms with Crippen LogP contribution in [0.1, 0.15) is 40.0 Å². The Morgan fingerprint density at radius 2 is 2.11 bits per heavy atom. The van der Waals surface area contributed by atoms with Crippen molar-refractivity contribution in [2.45, 2.75) is 57.7 Å². The molecule has 0 bridgehead atoms. The third-order valence-electron chi connectivity index (χ3n) is 3.71. The molecule has 1 N–H and O–H groups in total. The van der Waals surface area contributed by atoms with Crippen LogP contribution in [0, 0.1) is 0 Å². The first kappa shape index (κ1) is 16.9. The van der Waals surface area contributed by atoms with Gasteiger partial charge in [-0.25, -0.2) is 13.1 Å². The third kappa shape index (κ3) is 5.02. The minimum Gasteiger partial charge on any atom is -0.377 e. The van der Waals surface area contributed by atoms with Crippen LogP contribution >= 0.6 is 0 Å². The number of nitrogens with one attached hydrogen (secondary N) is 1. The van der Waals surface area contributed by atoms with E-state index in [0.29, 0.717) is 6.61 Å². The first-order chi connectivity index (χ1) is 8.68. The summed E-state index contributed by atoms with van der Waals surface area (Å²) in [6.45, 7) is 7.62. The summed E-state index contributed by atoms with van der Waals surface area (Å²) in [7, 11) is -1.09. The first-order valence-corrected chi connectivity index (χ1v) is 8.88. The van der Waals surface area contributed by atoms with Crippen LogP contribution in [0.5, 0.6) is 0 Å². The molecule has 0 amide bonds. The molecule has 1 aliphatic rings. The van der Waals surface area contributed by atoms with Crippen molar-refractivity contribution in [3.05, 3.63) is 0 Å². The molecule has 6 heteroatoms. The van der Waals surface area contributed by atoms with E-state index in [-0.39, 0.29) is 17.7 Å². The van der Waals surface area contributed by atoms with Crippen LogP contribution < -0.4 is 4.72 Å². The smallest absolute Gasteiger partial charge is 0.208 e. The first-order valence-electron chi connectivity index (χ1n) is 6.98. The molecule has 1 saturated heterocycles. The van der Waals surface area contributed by atoms with Crippen molar-refractivity contribution in [3.8, 4) is 0 Å². The SMILES string of the molecule is CCCC1(COC(C)C)CC(NS(C)(=O)=O)CN1C. The van der Waals surface area contributed by atoms with E-state index in [2.05, 4.69) is 23.6 Å². The number of likely N-dealkylation sites (tertiary alicyclic amines) is 1. The van der Waals surface area contributed by atoms with E-state index in [1.54, 1.807) is 0 Å². The summed E-state index contributed by atoms with van der Waals surface area (Å²) < 4.78 is 31.3. The molecule has 0 aromatic carbocycles. The summed E-state index contributed by atoms with van der Waals surface area (Å²) in [5, 5.41) is 0. The van der Waals surface area contributed by atoms with Crippen LogP contribution in [0.15, 0.2) is 0 Å². The molecule has 0 aliphatic carbocycles. The number of likely N-dealkylation sites (N-methyl/N-ethyl adjacent to an activating group) is 1. The molecule has 1 heterocycles. The predicted octanol–water partition coefficient (Wildman–Crippen LogP) is 1.20. The zero-order valence-electron chi connectivity index (χ0n) is 12.8. The van der Waals surface area contributed by atoms with E-state index in [0.717, 1.165) is 25.8 Å². The van der Waals surface area contributed by atoms with E-state index in [4.69, 9.17) is 4.74 Å². The lowest BCUT2D eigenvalue weighted by Crippen LogP contribution is -2.46. The molecule has 1 fully saturated rings. The lowest BCUT2D eigenvalue weighted by atomic mass is 9.90.